The summed E-state index contributed by atoms with van der Waals surface area (Å²) in [7, 11) is -3.22. The van der Waals surface area contributed by atoms with E-state index >= 15 is 0 Å². The topological polar surface area (TPSA) is 136 Å². The van der Waals surface area contributed by atoms with E-state index in [4.69, 9.17) is 4.74 Å². The molecule has 0 aliphatic carbocycles. The fourth-order valence-electron chi connectivity index (χ4n) is 4.32. The summed E-state index contributed by atoms with van der Waals surface area (Å²) in [5.74, 6) is 1.75. The number of anilines is 3. The Balaban J connectivity index is 1.25. The van der Waals surface area contributed by atoms with Crippen molar-refractivity contribution in [2.24, 2.45) is 0 Å². The molecule has 6 aromatic rings. The van der Waals surface area contributed by atoms with E-state index in [1.54, 1.807) is 30.0 Å². The first kappa shape index (κ1) is 26.1. The second-order valence-corrected chi connectivity index (χ2v) is 12.0. The maximum Gasteiger partial charge on any atom is 0.224 e. The number of aromatic nitrogens is 6. The van der Waals surface area contributed by atoms with Crippen molar-refractivity contribution < 1.29 is 13.2 Å². The lowest BCUT2D eigenvalue weighted by atomic mass is 10.0. The molecule has 3 aromatic heterocycles. The molecule has 0 saturated heterocycles. The molecule has 6 rings (SSSR count). The molecule has 0 saturated carbocycles. The summed E-state index contributed by atoms with van der Waals surface area (Å²) < 4.78 is 31.5. The highest BCUT2D eigenvalue weighted by Crippen LogP contribution is 2.32. The fourth-order valence-corrected chi connectivity index (χ4v) is 4.67. The lowest BCUT2D eigenvalue weighted by Crippen LogP contribution is -2.24. The first-order valence-corrected chi connectivity index (χ1v) is 14.7. The fraction of sp³-hybridized carbons (Fsp3) is 0.138. The lowest BCUT2D eigenvalue weighted by Gasteiger charge is -2.15. The van der Waals surface area contributed by atoms with Gasteiger partial charge in [-0.3, -0.25) is 4.40 Å². The molecule has 0 fully saturated rings. The summed E-state index contributed by atoms with van der Waals surface area (Å²) in [6.45, 7) is 3.58. The van der Waals surface area contributed by atoms with Crippen LogP contribution in [-0.4, -0.2) is 49.6 Å². The van der Waals surface area contributed by atoms with Crippen LogP contribution < -0.4 is 15.4 Å². The van der Waals surface area contributed by atoms with Crippen molar-refractivity contribution >= 4 is 43.6 Å². The number of rotatable bonds is 8. The average Bonchev–Trinajstić information content (AvgIpc) is 3.42. The molecular formula is C29H26N8O3S. The zero-order valence-corrected chi connectivity index (χ0v) is 23.3. The summed E-state index contributed by atoms with van der Waals surface area (Å²) in [5.41, 5.74) is 5.78. The smallest absolute Gasteiger partial charge is 0.224 e. The minimum Gasteiger partial charge on any atom is -0.439 e. The number of fused-ring (bicyclic) bond motifs is 2. The Kier molecular flexibility index (Phi) is 6.67. The Morgan fingerprint density at radius 3 is 2.59 bits per heavy atom. The molecule has 0 aliphatic heterocycles. The van der Waals surface area contributed by atoms with Gasteiger partial charge in [0.2, 0.25) is 5.88 Å². The molecule has 206 valence electrons. The van der Waals surface area contributed by atoms with Gasteiger partial charge in [0.15, 0.2) is 15.5 Å². The molecule has 0 aliphatic rings. The molecule has 41 heavy (non-hydrogen) atoms. The number of sulfone groups is 1. The number of nitrogens with one attached hydrogen (secondary N) is 2. The third-order valence-corrected chi connectivity index (χ3v) is 8.06. The molecule has 3 heterocycles. The van der Waals surface area contributed by atoms with Crippen molar-refractivity contribution in [2.75, 3.05) is 16.9 Å². The van der Waals surface area contributed by atoms with E-state index < -0.39 is 15.2 Å². The van der Waals surface area contributed by atoms with Crippen molar-refractivity contribution in [1.82, 2.24) is 29.5 Å². The van der Waals surface area contributed by atoms with Crippen LogP contribution in [0.25, 0.3) is 27.7 Å². The molecule has 1 unspecified atom stereocenters. The molecule has 1 atom stereocenters. The lowest BCUT2D eigenvalue weighted by molar-refractivity contribution is 0.458. The minimum absolute atomic E-state index is 0.425. The Morgan fingerprint density at radius 2 is 1.76 bits per heavy atom. The number of hydrogen-bond donors (Lipinski definition) is 2. The second kappa shape index (κ2) is 10.5. The van der Waals surface area contributed by atoms with Crippen molar-refractivity contribution in [2.45, 2.75) is 19.2 Å². The van der Waals surface area contributed by atoms with Gasteiger partial charge in [0.1, 0.15) is 35.9 Å². The molecular weight excluding hydrogens is 540 g/mol. The van der Waals surface area contributed by atoms with Crippen LogP contribution in [0.4, 0.5) is 17.2 Å². The van der Waals surface area contributed by atoms with Gasteiger partial charge in [0, 0.05) is 29.1 Å². The molecule has 3 aromatic carbocycles. The molecule has 0 bridgehead atoms. The number of benzene rings is 3. The first-order chi connectivity index (χ1) is 19.7. The SMILES string of the molecule is Cc1cc(Nc2ncnc3ccc(-c4cccc(NC(C)S(C)(=O)=O)c4)cc23)ccc1Oc1cc2nncn2cn1. The third kappa shape index (κ3) is 5.63. The van der Waals surface area contributed by atoms with E-state index in [1.165, 1.54) is 12.6 Å². The van der Waals surface area contributed by atoms with Gasteiger partial charge in [0.25, 0.3) is 0 Å². The van der Waals surface area contributed by atoms with Crippen molar-refractivity contribution in [3.63, 3.8) is 0 Å². The van der Waals surface area contributed by atoms with Crippen LogP contribution in [0.1, 0.15) is 12.5 Å². The molecule has 0 radical (unpaired) electrons. The van der Waals surface area contributed by atoms with E-state index in [-0.39, 0.29) is 0 Å². The predicted octanol–water partition coefficient (Wildman–Crippen LogP) is 5.38. The maximum atomic E-state index is 11.9. The Bertz CT molecular complexity index is 2010. The molecule has 0 amide bonds. The average molecular weight is 567 g/mol. The van der Waals surface area contributed by atoms with Crippen LogP contribution in [0.15, 0.2) is 85.7 Å². The minimum atomic E-state index is -3.22. The van der Waals surface area contributed by atoms with Gasteiger partial charge in [0.05, 0.1) is 5.52 Å². The van der Waals surface area contributed by atoms with E-state index in [2.05, 4.69) is 35.8 Å². The molecule has 11 nitrogen and oxygen atoms in total. The first-order valence-electron chi connectivity index (χ1n) is 12.7. The highest BCUT2D eigenvalue weighted by Gasteiger charge is 2.15. The monoisotopic (exact) mass is 566 g/mol. The van der Waals surface area contributed by atoms with E-state index in [1.807, 2.05) is 67.6 Å². The molecule has 2 N–H and O–H groups in total. The van der Waals surface area contributed by atoms with Crippen molar-refractivity contribution in [3.05, 3.63) is 91.3 Å². The van der Waals surface area contributed by atoms with Gasteiger partial charge in [-0.15, -0.1) is 10.2 Å². The maximum absolute atomic E-state index is 11.9. The summed E-state index contributed by atoms with van der Waals surface area (Å²) in [6, 6.07) is 21.1. The number of nitrogens with zero attached hydrogens (tertiary/aromatic N) is 6. The van der Waals surface area contributed by atoms with Crippen LogP contribution in [0.3, 0.4) is 0 Å². The van der Waals surface area contributed by atoms with Crippen molar-refractivity contribution in [1.29, 1.82) is 0 Å². The van der Waals surface area contributed by atoms with Gasteiger partial charge >= 0.3 is 0 Å². The van der Waals surface area contributed by atoms with Crippen LogP contribution in [0, 0.1) is 6.92 Å². The highest BCUT2D eigenvalue weighted by molar-refractivity contribution is 7.91. The van der Waals surface area contributed by atoms with Gasteiger partial charge < -0.3 is 15.4 Å². The van der Waals surface area contributed by atoms with Crippen molar-refractivity contribution in [3.8, 4) is 22.8 Å². The number of hydrogen-bond acceptors (Lipinski definition) is 10. The molecule has 12 heteroatoms. The number of aryl methyl sites for hydroxylation is 1. The largest absolute Gasteiger partial charge is 0.439 e. The predicted molar refractivity (Wildman–Crippen MR) is 158 cm³/mol. The third-order valence-electron chi connectivity index (χ3n) is 6.66. The quantitative estimate of drug-likeness (QED) is 0.247. The second-order valence-electron chi connectivity index (χ2n) is 9.68. The van der Waals surface area contributed by atoms with Crippen LogP contribution in [0.2, 0.25) is 0 Å². The summed E-state index contributed by atoms with van der Waals surface area (Å²) >= 11 is 0. The Morgan fingerprint density at radius 1 is 0.902 bits per heavy atom. The molecule has 0 spiro atoms. The zero-order chi connectivity index (χ0) is 28.6. The van der Waals surface area contributed by atoms with Gasteiger partial charge in [-0.25, -0.2) is 23.4 Å². The Hall–Kier alpha value is -5.10. The zero-order valence-electron chi connectivity index (χ0n) is 22.5. The van der Waals surface area contributed by atoms with Gasteiger partial charge in [-0.1, -0.05) is 18.2 Å². The highest BCUT2D eigenvalue weighted by atomic mass is 32.2. The van der Waals surface area contributed by atoms with E-state index in [9.17, 15) is 8.42 Å². The normalized spacial score (nSPS) is 12.4. The summed E-state index contributed by atoms with van der Waals surface area (Å²) in [4.78, 5) is 13.2. The van der Waals surface area contributed by atoms with Gasteiger partial charge in [-0.05, 0) is 73.0 Å². The van der Waals surface area contributed by atoms with Crippen LogP contribution in [0.5, 0.6) is 11.6 Å². The Labute approximate surface area is 236 Å². The summed E-state index contributed by atoms with van der Waals surface area (Å²) in [6.07, 6.45) is 5.92. The van der Waals surface area contributed by atoms with Gasteiger partial charge in [-0.2, -0.15) is 0 Å². The van der Waals surface area contributed by atoms with E-state index in [0.29, 0.717) is 23.1 Å². The van der Waals surface area contributed by atoms with E-state index in [0.717, 1.165) is 39.0 Å². The van der Waals surface area contributed by atoms with Crippen LogP contribution >= 0.6 is 0 Å². The standard InChI is InChI=1S/C29H26N8O3S/c1-18-11-23(8-10-26(18)40-28-14-27-36-33-17-37(27)16-32-28)35-29-24-13-21(7-9-25(24)30-15-31-29)20-5-4-6-22(12-20)34-19(2)41(3,38)39/h4-17,19,34H,1-3H3,(H,30,31,35). The number of ether oxygens (including phenoxy) is 1. The summed E-state index contributed by atoms with van der Waals surface area (Å²) in [5, 5.41) is 14.5. The van der Waals surface area contributed by atoms with Crippen LogP contribution in [-0.2, 0) is 9.84 Å².